The second-order valence-corrected chi connectivity index (χ2v) is 8.84. The third kappa shape index (κ3) is 18.3. The number of carbonyl (C=O) groups excluding carboxylic acids is 2. The van der Waals surface area contributed by atoms with E-state index >= 15 is 0 Å². The number of nitrogens with zero attached hydrogens (tertiary/aromatic N) is 4. The topological polar surface area (TPSA) is 159 Å². The summed E-state index contributed by atoms with van der Waals surface area (Å²) in [6.07, 6.45) is 2.57. The fourth-order valence-electron chi connectivity index (χ4n) is 4.06. The number of rotatable bonds is 6. The van der Waals surface area contributed by atoms with Gasteiger partial charge in [0.2, 0.25) is 11.8 Å². The van der Waals surface area contributed by atoms with Crippen molar-refractivity contribution in [2.75, 3.05) is 26.2 Å². The van der Waals surface area contributed by atoms with Crippen molar-refractivity contribution in [2.45, 2.75) is 64.3 Å². The second-order valence-electron chi connectivity index (χ2n) is 8.84. The van der Waals surface area contributed by atoms with Gasteiger partial charge < -0.3 is 31.5 Å². The number of likely N-dealkylation sites (tertiary alicyclic amines) is 2. The number of hydrogen-bond acceptors (Lipinski definition) is 8. The number of carbonyl (C=O) groups is 2. The van der Waals surface area contributed by atoms with Gasteiger partial charge in [-0.2, -0.15) is 54.0 Å². The Morgan fingerprint density at radius 1 is 0.674 bits per heavy atom. The number of pyridine rings is 2. The number of aromatic nitrogens is 2. The molecule has 20 heteroatoms. The first kappa shape index (κ1) is 64.1. The molecule has 6 atom stereocenters. The molecule has 0 aromatic carbocycles. The molecule has 2 saturated heterocycles. The van der Waals surface area contributed by atoms with Gasteiger partial charge in [-0.15, -0.1) is 49.6 Å². The molecule has 10 nitrogen and oxygen atoms in total. The predicted molar refractivity (Wildman–Crippen MR) is 211 cm³/mol. The zero-order chi connectivity index (χ0) is 26.2. The molecule has 2 aliphatic rings. The summed E-state index contributed by atoms with van der Waals surface area (Å²) >= 11 is 0. The molecule has 4 heterocycles. The van der Waals surface area contributed by atoms with Crippen LogP contribution in [0.5, 0.6) is 0 Å². The fourth-order valence-corrected chi connectivity index (χ4v) is 4.06. The number of amides is 2. The van der Waals surface area contributed by atoms with E-state index < -0.39 is 48.4 Å². The molecule has 0 spiro atoms. The Kier molecular flexibility index (Phi) is 44.2. The number of hydrogen-bond donors (Lipinski definition) is 4. The predicted octanol–water partition coefficient (Wildman–Crippen LogP) is 3.44. The number of alkyl halides is 2. The van der Waals surface area contributed by atoms with Gasteiger partial charge in [0, 0.05) is 37.9 Å². The molecule has 276 valence electrons. The summed E-state index contributed by atoms with van der Waals surface area (Å²) in [6.45, 7) is 0.846. The van der Waals surface area contributed by atoms with Gasteiger partial charge in [-0.3, -0.25) is 19.6 Å². The van der Waals surface area contributed by atoms with Crippen LogP contribution in [0.2, 0.25) is 0 Å². The molecule has 2 fully saturated rings. The number of nitrogens with two attached hydrogens (primary N) is 2. The van der Waals surface area contributed by atoms with Gasteiger partial charge in [-0.05, 0) is 48.2 Å². The lowest BCUT2D eigenvalue weighted by Gasteiger charge is -2.23. The van der Waals surface area contributed by atoms with E-state index in [4.69, 9.17) is 11.5 Å². The average Bonchev–Trinajstić information content (AvgIpc) is 3.55. The molecular weight excluding hydrogens is 768 g/mol. The smallest absolute Gasteiger partial charge is 0.242 e. The maximum absolute atomic E-state index is 13.0. The van der Waals surface area contributed by atoms with E-state index in [0.717, 1.165) is 0 Å². The quantitative estimate of drug-likeness (QED) is 0.346. The van der Waals surface area contributed by atoms with E-state index in [2.05, 4.69) is 9.97 Å². The van der Waals surface area contributed by atoms with E-state index in [1.54, 1.807) is 24.3 Å². The van der Waals surface area contributed by atoms with Crippen molar-refractivity contribution >= 4 is 115 Å². The third-order valence-corrected chi connectivity index (χ3v) is 6.23. The van der Waals surface area contributed by atoms with Gasteiger partial charge in [-0.1, -0.05) is 14.9 Å². The zero-order valence-electron chi connectivity index (χ0n) is 23.4. The largest absolute Gasteiger partial charge is 0.386 e. The minimum Gasteiger partial charge on any atom is -0.386 e. The Morgan fingerprint density at radius 3 is 1.15 bits per heavy atom. The lowest BCUT2D eigenvalue weighted by molar-refractivity contribution is -0.135. The van der Waals surface area contributed by atoms with Crippen LogP contribution < -0.4 is 11.5 Å². The van der Waals surface area contributed by atoms with Crippen LogP contribution in [0.3, 0.4) is 0 Å². The average molecular weight is 821 g/mol. The first-order valence-corrected chi connectivity index (χ1v) is 11.7. The second kappa shape index (κ2) is 31.7. The number of aliphatic hydroxyl groups excluding tert-OH is 2. The fraction of sp³-hybridized carbons (Fsp3) is 0.538. The van der Waals surface area contributed by atoms with E-state index in [0.29, 0.717) is 37.1 Å². The first-order valence-electron chi connectivity index (χ1n) is 11.7. The molecule has 2 aliphatic heterocycles. The maximum Gasteiger partial charge on any atom is 0.242 e. The van der Waals surface area contributed by atoms with Crippen LogP contribution in [0, 0.1) is 0 Å². The molecule has 46 heavy (non-hydrogen) atoms. The van der Waals surface area contributed by atoms with Gasteiger partial charge >= 0.3 is 0 Å². The molecule has 0 saturated carbocycles. The zero-order valence-corrected chi connectivity index (χ0v) is 30.6. The van der Waals surface area contributed by atoms with Crippen LogP contribution in [0.25, 0.3) is 0 Å². The van der Waals surface area contributed by atoms with Crippen molar-refractivity contribution in [1.82, 2.24) is 19.8 Å². The highest BCUT2D eigenvalue weighted by Gasteiger charge is 2.34. The monoisotopic (exact) mass is 818 g/mol. The summed E-state index contributed by atoms with van der Waals surface area (Å²) in [5.74, 6) is -0.834. The van der Waals surface area contributed by atoms with Crippen molar-refractivity contribution in [2.24, 2.45) is 11.5 Å². The Morgan fingerprint density at radius 2 is 0.935 bits per heavy atom. The lowest BCUT2D eigenvalue weighted by Crippen LogP contribution is -2.46. The summed E-state index contributed by atoms with van der Waals surface area (Å²) in [6, 6.07) is 4.24. The van der Waals surface area contributed by atoms with Crippen molar-refractivity contribution in [1.29, 1.82) is 0 Å². The van der Waals surface area contributed by atoms with Gasteiger partial charge in [-0.25, -0.2) is 8.78 Å². The highest BCUT2D eigenvalue weighted by atomic mass is 35.5. The lowest BCUT2D eigenvalue weighted by atomic mass is 10.0. The van der Waals surface area contributed by atoms with Crippen molar-refractivity contribution in [3.05, 3.63) is 60.2 Å². The van der Waals surface area contributed by atoms with E-state index in [1.807, 2.05) is 0 Å². The molecule has 2 amide bonds. The summed E-state index contributed by atoms with van der Waals surface area (Å²) < 4.78 is 26.0. The summed E-state index contributed by atoms with van der Waals surface area (Å²) in [5, 5.41) is 20.0. The molecule has 0 bridgehead atoms. The number of halogens is 6. The van der Waals surface area contributed by atoms with Crippen LogP contribution in [0.4, 0.5) is 8.78 Å². The minimum absolute atomic E-state index is 0. The van der Waals surface area contributed by atoms with Crippen LogP contribution in [-0.2, 0) is 9.59 Å². The Hall–Kier alpha value is -0.500. The van der Waals surface area contributed by atoms with Gasteiger partial charge in [0.1, 0.15) is 36.6 Å². The van der Waals surface area contributed by atoms with E-state index in [9.17, 15) is 28.6 Å². The van der Waals surface area contributed by atoms with Crippen molar-refractivity contribution in [3.63, 3.8) is 0 Å². The Bertz CT molecular complexity index is 949. The molecule has 2 aromatic heterocycles. The SMILES string of the molecule is C.C.Cl.Cl.Cl.Cl.N[C@@H](C(=O)N1CC[C@H](F)C1)[C@@H](O)c1ccncc1.N[C@H](C(=O)N1CC[C@H](F)C1)[C@H](O)c1ccncc1.S.S.S.S. The highest BCUT2D eigenvalue weighted by molar-refractivity contribution is 7.59. The molecule has 0 radical (unpaired) electrons. The van der Waals surface area contributed by atoms with E-state index in [1.165, 1.54) is 34.6 Å². The van der Waals surface area contributed by atoms with Crippen LogP contribution in [-0.4, -0.2) is 92.4 Å². The van der Waals surface area contributed by atoms with Crippen molar-refractivity contribution in [3.8, 4) is 0 Å². The summed E-state index contributed by atoms with van der Waals surface area (Å²) in [7, 11) is 0. The van der Waals surface area contributed by atoms with Gasteiger partial charge in [0.25, 0.3) is 0 Å². The maximum atomic E-state index is 13.0. The summed E-state index contributed by atoms with van der Waals surface area (Å²) in [5.41, 5.74) is 12.5. The van der Waals surface area contributed by atoms with E-state index in [-0.39, 0.29) is 132 Å². The van der Waals surface area contributed by atoms with Gasteiger partial charge in [0.15, 0.2) is 0 Å². The van der Waals surface area contributed by atoms with Crippen LogP contribution in [0.1, 0.15) is 51.0 Å². The van der Waals surface area contributed by atoms with Crippen LogP contribution >= 0.6 is 104 Å². The Labute approximate surface area is 324 Å². The molecule has 2 aromatic rings. The Balaban J connectivity index is -0.0000000860. The summed E-state index contributed by atoms with van der Waals surface area (Å²) in [4.78, 5) is 34.3. The standard InChI is InChI=1S/2C12H16FN3O2.2CH4.4ClH.4H2S/c2*13-9-3-6-16(7-9)12(18)10(14)11(17)8-1-4-15-5-2-8;;;;;;;;;;/h2*1-2,4-5,9-11,17H,3,6-7,14H2;2*1H4;4*1H;4*1H2/t9-,10+,11-;9-,10-,11+;;;;;;;;;;/m00........../s1. The molecule has 0 unspecified atom stereocenters. The molecule has 6 N–H and O–H groups in total. The molecular formula is C26H52Cl4F2N6O4S4. The molecule has 4 rings (SSSR count). The highest BCUT2D eigenvalue weighted by Crippen LogP contribution is 2.20. The third-order valence-electron chi connectivity index (χ3n) is 6.23. The van der Waals surface area contributed by atoms with Crippen LogP contribution in [0.15, 0.2) is 49.1 Å². The first-order chi connectivity index (χ1) is 17.2. The minimum atomic E-state index is -1.10. The molecule has 0 aliphatic carbocycles. The van der Waals surface area contributed by atoms with Crippen molar-refractivity contribution < 1.29 is 28.6 Å². The number of aliphatic hydroxyl groups is 2. The normalized spacial score (nSPS) is 17.9. The van der Waals surface area contributed by atoms with Gasteiger partial charge in [0.05, 0.1) is 13.1 Å².